The van der Waals surface area contributed by atoms with Crippen LogP contribution >= 0.6 is 0 Å². The summed E-state index contributed by atoms with van der Waals surface area (Å²) in [6.45, 7) is 5.84. The maximum atomic E-state index is 11.4. The maximum Gasteiger partial charge on any atom is 0.344 e. The lowest BCUT2D eigenvalue weighted by atomic mass is 9.86. The van der Waals surface area contributed by atoms with Gasteiger partial charge in [-0.25, -0.2) is 4.79 Å². The fourth-order valence-corrected chi connectivity index (χ4v) is 1.43. The van der Waals surface area contributed by atoms with Gasteiger partial charge in [-0.05, 0) is 17.0 Å². The number of benzene rings is 1. The Kier molecular flexibility index (Phi) is 3.50. The molecule has 0 amide bonds. The number of carbonyl (C=O) groups is 1. The minimum Gasteiger partial charge on any atom is -0.465 e. The summed E-state index contributed by atoms with van der Waals surface area (Å²) in [5.74, 6) is -0.697. The van der Waals surface area contributed by atoms with Crippen LogP contribution in [0.25, 0.3) is 0 Å². The van der Waals surface area contributed by atoms with Gasteiger partial charge >= 0.3 is 5.97 Å². The maximum absolute atomic E-state index is 11.4. The molecule has 0 aromatic heterocycles. The first-order valence-corrected chi connectivity index (χ1v) is 5.14. The summed E-state index contributed by atoms with van der Waals surface area (Å²) in [4.78, 5) is 21.7. The summed E-state index contributed by atoms with van der Waals surface area (Å²) in [7, 11) is 1.20. The average Bonchev–Trinajstić information content (AvgIpc) is 2.25. The molecule has 0 saturated heterocycles. The SMILES string of the molecule is COC(=O)c1ccc(C(C)(C)C)cc1[N+](=O)[O-]. The van der Waals surface area contributed by atoms with E-state index in [0.29, 0.717) is 0 Å². The van der Waals surface area contributed by atoms with Gasteiger partial charge < -0.3 is 4.74 Å². The van der Waals surface area contributed by atoms with Gasteiger partial charge in [0.2, 0.25) is 0 Å². The molecule has 0 unspecified atom stereocenters. The van der Waals surface area contributed by atoms with Crippen LogP contribution in [-0.4, -0.2) is 18.0 Å². The first-order valence-electron chi connectivity index (χ1n) is 5.14. The summed E-state index contributed by atoms with van der Waals surface area (Å²) < 4.78 is 4.51. The fraction of sp³-hybridized carbons (Fsp3) is 0.417. The van der Waals surface area contributed by atoms with E-state index < -0.39 is 10.9 Å². The van der Waals surface area contributed by atoms with E-state index in [2.05, 4.69) is 4.74 Å². The standard InChI is InChI=1S/C12H15NO4/c1-12(2,3)8-5-6-9(11(14)17-4)10(7-8)13(15)16/h5-7H,1-4H3. The first-order chi connectivity index (χ1) is 7.77. The second-order valence-electron chi connectivity index (χ2n) is 4.73. The van der Waals surface area contributed by atoms with Gasteiger partial charge in [0.1, 0.15) is 5.56 Å². The molecule has 0 aliphatic heterocycles. The van der Waals surface area contributed by atoms with Crippen LogP contribution in [0.2, 0.25) is 0 Å². The lowest BCUT2D eigenvalue weighted by Gasteiger charge is -2.18. The molecule has 0 bridgehead atoms. The third-order valence-electron chi connectivity index (χ3n) is 2.47. The molecule has 0 atom stereocenters. The average molecular weight is 237 g/mol. The smallest absolute Gasteiger partial charge is 0.344 e. The highest BCUT2D eigenvalue weighted by molar-refractivity contribution is 5.93. The van der Waals surface area contributed by atoms with Crippen molar-refractivity contribution in [1.82, 2.24) is 0 Å². The number of rotatable bonds is 2. The second-order valence-corrected chi connectivity index (χ2v) is 4.73. The molecular formula is C12H15NO4. The molecule has 5 nitrogen and oxygen atoms in total. The predicted octanol–water partition coefficient (Wildman–Crippen LogP) is 2.68. The highest BCUT2D eigenvalue weighted by Crippen LogP contribution is 2.28. The molecule has 0 radical (unpaired) electrons. The van der Waals surface area contributed by atoms with Crippen molar-refractivity contribution in [3.63, 3.8) is 0 Å². The Labute approximate surface area is 99.5 Å². The zero-order chi connectivity index (χ0) is 13.2. The van der Waals surface area contributed by atoms with Crippen LogP contribution in [0, 0.1) is 10.1 Å². The van der Waals surface area contributed by atoms with E-state index in [1.807, 2.05) is 20.8 Å². The first kappa shape index (κ1) is 13.2. The predicted molar refractivity (Wildman–Crippen MR) is 63.1 cm³/mol. The van der Waals surface area contributed by atoms with Gasteiger partial charge in [0.25, 0.3) is 5.69 Å². The van der Waals surface area contributed by atoms with Crippen molar-refractivity contribution in [2.75, 3.05) is 7.11 Å². The zero-order valence-corrected chi connectivity index (χ0v) is 10.3. The molecule has 1 aromatic carbocycles. The van der Waals surface area contributed by atoms with Gasteiger partial charge in [0, 0.05) is 6.07 Å². The third kappa shape index (κ3) is 2.81. The molecule has 1 rings (SSSR count). The molecule has 17 heavy (non-hydrogen) atoms. The van der Waals surface area contributed by atoms with Crippen LogP contribution in [-0.2, 0) is 10.2 Å². The van der Waals surface area contributed by atoms with Crippen molar-refractivity contribution in [1.29, 1.82) is 0 Å². The number of hydrogen-bond donors (Lipinski definition) is 0. The van der Waals surface area contributed by atoms with E-state index in [4.69, 9.17) is 0 Å². The molecule has 0 aliphatic carbocycles. The molecule has 5 heteroatoms. The van der Waals surface area contributed by atoms with Crippen LogP contribution in [0.3, 0.4) is 0 Å². The summed E-state index contributed by atoms with van der Waals surface area (Å²) in [6.07, 6.45) is 0. The van der Waals surface area contributed by atoms with Crippen LogP contribution in [0.15, 0.2) is 18.2 Å². The number of carbonyl (C=O) groups excluding carboxylic acids is 1. The number of nitro groups is 1. The summed E-state index contributed by atoms with van der Waals surface area (Å²) in [5, 5.41) is 10.9. The molecular weight excluding hydrogens is 222 g/mol. The van der Waals surface area contributed by atoms with Gasteiger partial charge in [0.15, 0.2) is 0 Å². The molecule has 0 spiro atoms. The number of esters is 1. The van der Waals surface area contributed by atoms with Gasteiger partial charge in [-0.2, -0.15) is 0 Å². The van der Waals surface area contributed by atoms with Crippen LogP contribution in [0.1, 0.15) is 36.7 Å². The zero-order valence-electron chi connectivity index (χ0n) is 10.3. The Morgan fingerprint density at radius 3 is 2.35 bits per heavy atom. The number of ether oxygens (including phenoxy) is 1. The summed E-state index contributed by atoms with van der Waals surface area (Å²) >= 11 is 0. The Morgan fingerprint density at radius 2 is 1.94 bits per heavy atom. The monoisotopic (exact) mass is 237 g/mol. The van der Waals surface area contributed by atoms with Crippen molar-refractivity contribution in [2.24, 2.45) is 0 Å². The molecule has 0 fully saturated rings. The number of nitrogens with zero attached hydrogens (tertiary/aromatic N) is 1. The third-order valence-corrected chi connectivity index (χ3v) is 2.47. The van der Waals surface area contributed by atoms with Crippen molar-refractivity contribution in [3.05, 3.63) is 39.4 Å². The largest absolute Gasteiger partial charge is 0.465 e. The number of methoxy groups -OCH3 is 1. The molecule has 1 aromatic rings. The van der Waals surface area contributed by atoms with Crippen LogP contribution in [0.4, 0.5) is 5.69 Å². The lowest BCUT2D eigenvalue weighted by molar-refractivity contribution is -0.385. The van der Waals surface area contributed by atoms with Crippen molar-refractivity contribution < 1.29 is 14.5 Å². The highest BCUT2D eigenvalue weighted by Gasteiger charge is 2.24. The van der Waals surface area contributed by atoms with Crippen molar-refractivity contribution in [3.8, 4) is 0 Å². The Bertz CT molecular complexity index is 460. The number of nitro benzene ring substituents is 1. The minimum absolute atomic E-state index is 0.0227. The molecule has 92 valence electrons. The fourth-order valence-electron chi connectivity index (χ4n) is 1.43. The van der Waals surface area contributed by atoms with E-state index in [-0.39, 0.29) is 16.7 Å². The van der Waals surface area contributed by atoms with E-state index >= 15 is 0 Å². The van der Waals surface area contributed by atoms with E-state index in [1.54, 1.807) is 6.07 Å². The van der Waals surface area contributed by atoms with E-state index in [0.717, 1.165) is 5.56 Å². The van der Waals surface area contributed by atoms with Crippen LogP contribution < -0.4 is 0 Å². The lowest BCUT2D eigenvalue weighted by Crippen LogP contribution is -2.13. The second kappa shape index (κ2) is 4.53. The molecule has 0 saturated carbocycles. The quantitative estimate of drug-likeness (QED) is 0.450. The normalized spacial score (nSPS) is 11.1. The molecule has 0 heterocycles. The minimum atomic E-state index is -0.697. The van der Waals surface area contributed by atoms with Crippen molar-refractivity contribution in [2.45, 2.75) is 26.2 Å². The van der Waals surface area contributed by atoms with Gasteiger partial charge in [-0.3, -0.25) is 10.1 Å². The van der Waals surface area contributed by atoms with Gasteiger partial charge in [-0.15, -0.1) is 0 Å². The van der Waals surface area contributed by atoms with E-state index in [1.165, 1.54) is 19.2 Å². The van der Waals surface area contributed by atoms with Gasteiger partial charge in [-0.1, -0.05) is 26.8 Å². The Balaban J connectivity index is 3.37. The Morgan fingerprint density at radius 1 is 1.35 bits per heavy atom. The number of hydrogen-bond acceptors (Lipinski definition) is 4. The Hall–Kier alpha value is -1.91. The van der Waals surface area contributed by atoms with Gasteiger partial charge in [0.05, 0.1) is 12.0 Å². The summed E-state index contributed by atoms with van der Waals surface area (Å²) in [5.41, 5.74) is 0.353. The van der Waals surface area contributed by atoms with Crippen LogP contribution in [0.5, 0.6) is 0 Å². The van der Waals surface area contributed by atoms with E-state index in [9.17, 15) is 14.9 Å². The topological polar surface area (TPSA) is 69.4 Å². The van der Waals surface area contributed by atoms with Crippen molar-refractivity contribution >= 4 is 11.7 Å². The highest BCUT2D eigenvalue weighted by atomic mass is 16.6. The molecule has 0 N–H and O–H groups in total. The summed E-state index contributed by atoms with van der Waals surface area (Å²) in [6, 6.07) is 4.57. The molecule has 0 aliphatic rings.